The van der Waals surface area contributed by atoms with Crippen LogP contribution in [0, 0.1) is 13.8 Å². The highest BCUT2D eigenvalue weighted by Crippen LogP contribution is 2.22. The van der Waals surface area contributed by atoms with Gasteiger partial charge in [-0.05, 0) is 38.3 Å². The molecule has 1 aromatic carbocycles. The van der Waals surface area contributed by atoms with Gasteiger partial charge in [-0.25, -0.2) is 9.78 Å². The Balaban J connectivity index is 1.94. The van der Waals surface area contributed by atoms with Crippen LogP contribution in [0.15, 0.2) is 33.7 Å². The SMILES string of the molecule is CCOC(=O)c1c(C)oc2ncn(CC(=O)Nc3c(C)cccc3CC)c(=O)c12. The summed E-state index contributed by atoms with van der Waals surface area (Å²) in [6.07, 6.45) is 2.00. The van der Waals surface area contributed by atoms with Gasteiger partial charge >= 0.3 is 5.97 Å². The number of anilines is 1. The van der Waals surface area contributed by atoms with Crippen molar-refractivity contribution in [3.8, 4) is 0 Å². The standard InChI is InChI=1S/C21H23N3O5/c1-5-14-9-7-8-12(3)18(14)23-15(25)10-24-11-22-19-17(20(24)26)16(13(4)29-19)21(27)28-6-2/h7-9,11H,5-6,10H2,1-4H3,(H,23,25). The van der Waals surface area contributed by atoms with E-state index in [1.807, 2.05) is 32.0 Å². The Hall–Kier alpha value is -3.42. The largest absolute Gasteiger partial charge is 0.462 e. The molecule has 8 nitrogen and oxygen atoms in total. The zero-order chi connectivity index (χ0) is 21.1. The molecular formula is C21H23N3O5. The number of nitrogens with one attached hydrogen (secondary N) is 1. The van der Waals surface area contributed by atoms with Crippen molar-refractivity contribution in [2.45, 2.75) is 40.7 Å². The topological polar surface area (TPSA) is 103 Å². The van der Waals surface area contributed by atoms with Crippen molar-refractivity contribution in [3.05, 3.63) is 57.3 Å². The number of nitrogens with zero attached hydrogens (tertiary/aromatic N) is 2. The smallest absolute Gasteiger partial charge is 0.342 e. The summed E-state index contributed by atoms with van der Waals surface area (Å²) in [6.45, 7) is 7.07. The number of hydrogen-bond acceptors (Lipinski definition) is 6. The first-order valence-corrected chi connectivity index (χ1v) is 9.41. The van der Waals surface area contributed by atoms with E-state index in [0.717, 1.165) is 27.8 Å². The normalized spacial score (nSPS) is 10.9. The molecule has 0 saturated heterocycles. The highest BCUT2D eigenvalue weighted by Gasteiger charge is 2.24. The average molecular weight is 397 g/mol. The van der Waals surface area contributed by atoms with Crippen LogP contribution in [0.4, 0.5) is 5.69 Å². The second-order valence-corrected chi connectivity index (χ2v) is 6.62. The molecule has 0 radical (unpaired) electrons. The van der Waals surface area contributed by atoms with Crippen LogP contribution in [0.3, 0.4) is 0 Å². The maximum absolute atomic E-state index is 12.9. The molecule has 3 aromatic rings. The predicted molar refractivity (Wildman–Crippen MR) is 108 cm³/mol. The molecule has 0 aliphatic rings. The van der Waals surface area contributed by atoms with Gasteiger partial charge in [0.05, 0.1) is 6.61 Å². The first-order valence-electron chi connectivity index (χ1n) is 9.41. The minimum absolute atomic E-state index is 0.0152. The first-order chi connectivity index (χ1) is 13.9. The molecule has 0 unspecified atom stereocenters. The van der Waals surface area contributed by atoms with E-state index < -0.39 is 11.5 Å². The monoisotopic (exact) mass is 397 g/mol. The summed E-state index contributed by atoms with van der Waals surface area (Å²) < 4.78 is 11.6. The molecule has 2 aromatic heterocycles. The number of aryl methyl sites for hydroxylation is 3. The van der Waals surface area contributed by atoms with Crippen molar-refractivity contribution < 1.29 is 18.7 Å². The molecule has 1 amide bonds. The lowest BCUT2D eigenvalue weighted by Gasteiger charge is -2.13. The van der Waals surface area contributed by atoms with E-state index in [-0.39, 0.29) is 41.5 Å². The molecule has 0 aliphatic heterocycles. The number of para-hydroxylation sites is 1. The number of fused-ring (bicyclic) bond motifs is 1. The van der Waals surface area contributed by atoms with Crippen LogP contribution in [0.2, 0.25) is 0 Å². The van der Waals surface area contributed by atoms with E-state index in [1.54, 1.807) is 13.8 Å². The van der Waals surface area contributed by atoms with Gasteiger partial charge in [-0.2, -0.15) is 0 Å². The third-order valence-corrected chi connectivity index (χ3v) is 4.65. The van der Waals surface area contributed by atoms with Crippen LogP contribution in [0.5, 0.6) is 0 Å². The van der Waals surface area contributed by atoms with Gasteiger partial charge in [-0.3, -0.25) is 14.2 Å². The Labute approximate surface area is 167 Å². The Kier molecular flexibility index (Phi) is 5.81. The Bertz CT molecular complexity index is 1140. The lowest BCUT2D eigenvalue weighted by atomic mass is 10.1. The summed E-state index contributed by atoms with van der Waals surface area (Å²) >= 11 is 0. The lowest BCUT2D eigenvalue weighted by molar-refractivity contribution is -0.116. The molecule has 2 heterocycles. The zero-order valence-electron chi connectivity index (χ0n) is 16.9. The fraction of sp³-hybridized carbons (Fsp3) is 0.333. The Morgan fingerprint density at radius 2 is 2.00 bits per heavy atom. The van der Waals surface area contributed by atoms with E-state index >= 15 is 0 Å². The number of esters is 1. The summed E-state index contributed by atoms with van der Waals surface area (Å²) in [5.41, 5.74) is 2.24. The number of ether oxygens (including phenoxy) is 1. The van der Waals surface area contributed by atoms with Gasteiger partial charge in [-0.1, -0.05) is 25.1 Å². The summed E-state index contributed by atoms with van der Waals surface area (Å²) in [7, 11) is 0. The van der Waals surface area contributed by atoms with Crippen LogP contribution in [0.25, 0.3) is 11.1 Å². The van der Waals surface area contributed by atoms with Crippen molar-refractivity contribution in [2.24, 2.45) is 0 Å². The second-order valence-electron chi connectivity index (χ2n) is 6.62. The molecule has 152 valence electrons. The van der Waals surface area contributed by atoms with E-state index in [1.165, 1.54) is 6.33 Å². The van der Waals surface area contributed by atoms with Gasteiger partial charge in [0.1, 0.15) is 29.6 Å². The van der Waals surface area contributed by atoms with E-state index in [4.69, 9.17) is 9.15 Å². The fourth-order valence-corrected chi connectivity index (χ4v) is 3.23. The number of aromatic nitrogens is 2. The predicted octanol–water partition coefficient (Wildman–Crippen LogP) is 2.98. The molecule has 0 aliphatic carbocycles. The van der Waals surface area contributed by atoms with Crippen molar-refractivity contribution in [3.63, 3.8) is 0 Å². The zero-order valence-corrected chi connectivity index (χ0v) is 16.9. The summed E-state index contributed by atoms with van der Waals surface area (Å²) in [6, 6.07) is 5.79. The summed E-state index contributed by atoms with van der Waals surface area (Å²) in [5, 5.41) is 2.89. The van der Waals surface area contributed by atoms with Gasteiger partial charge < -0.3 is 14.5 Å². The molecule has 0 saturated carbocycles. The van der Waals surface area contributed by atoms with Crippen LogP contribution in [-0.4, -0.2) is 28.0 Å². The first kappa shape index (κ1) is 20.3. The molecule has 0 spiro atoms. The van der Waals surface area contributed by atoms with Gasteiger partial charge in [0.2, 0.25) is 11.6 Å². The number of furan rings is 1. The molecule has 1 N–H and O–H groups in total. The van der Waals surface area contributed by atoms with E-state index in [0.29, 0.717) is 0 Å². The molecule has 0 fully saturated rings. The van der Waals surface area contributed by atoms with Crippen LogP contribution >= 0.6 is 0 Å². The van der Waals surface area contributed by atoms with Gasteiger partial charge in [-0.15, -0.1) is 0 Å². The number of rotatable bonds is 6. The van der Waals surface area contributed by atoms with E-state index in [9.17, 15) is 14.4 Å². The third-order valence-electron chi connectivity index (χ3n) is 4.65. The maximum atomic E-state index is 12.9. The van der Waals surface area contributed by atoms with Gasteiger partial charge in [0.25, 0.3) is 5.56 Å². The number of carbonyl (C=O) groups is 2. The number of hydrogen-bond donors (Lipinski definition) is 1. The number of amides is 1. The summed E-state index contributed by atoms with van der Waals surface area (Å²) in [5.74, 6) is -0.773. The second kappa shape index (κ2) is 8.30. The van der Waals surface area contributed by atoms with Crippen molar-refractivity contribution in [2.75, 3.05) is 11.9 Å². The summed E-state index contributed by atoms with van der Waals surface area (Å²) in [4.78, 5) is 41.9. The van der Waals surface area contributed by atoms with Crippen LogP contribution in [0.1, 0.15) is 41.1 Å². The fourth-order valence-electron chi connectivity index (χ4n) is 3.23. The average Bonchev–Trinajstić information content (AvgIpc) is 3.02. The number of carbonyl (C=O) groups excluding carboxylic acids is 2. The lowest BCUT2D eigenvalue weighted by Crippen LogP contribution is -2.28. The maximum Gasteiger partial charge on any atom is 0.342 e. The molecular weight excluding hydrogens is 374 g/mol. The minimum atomic E-state index is -0.655. The molecule has 0 bridgehead atoms. The van der Waals surface area contributed by atoms with Crippen LogP contribution in [-0.2, 0) is 22.5 Å². The Morgan fingerprint density at radius 1 is 1.24 bits per heavy atom. The molecule has 8 heteroatoms. The highest BCUT2D eigenvalue weighted by molar-refractivity contribution is 6.03. The van der Waals surface area contributed by atoms with Crippen LogP contribution < -0.4 is 10.9 Å². The highest BCUT2D eigenvalue weighted by atomic mass is 16.5. The van der Waals surface area contributed by atoms with E-state index in [2.05, 4.69) is 10.3 Å². The van der Waals surface area contributed by atoms with Crippen molar-refractivity contribution in [1.82, 2.24) is 9.55 Å². The van der Waals surface area contributed by atoms with Crippen molar-refractivity contribution in [1.29, 1.82) is 0 Å². The quantitative estimate of drug-likeness (QED) is 0.642. The minimum Gasteiger partial charge on any atom is -0.462 e. The van der Waals surface area contributed by atoms with Gasteiger partial charge in [0, 0.05) is 5.69 Å². The van der Waals surface area contributed by atoms with Gasteiger partial charge in [0.15, 0.2) is 0 Å². The molecule has 29 heavy (non-hydrogen) atoms. The molecule has 0 atom stereocenters. The molecule has 3 rings (SSSR count). The van der Waals surface area contributed by atoms with Crippen molar-refractivity contribution >= 4 is 28.7 Å². The third kappa shape index (κ3) is 3.91. The Morgan fingerprint density at radius 3 is 2.69 bits per heavy atom. The number of benzene rings is 1.